The van der Waals surface area contributed by atoms with Gasteiger partial charge in [0.2, 0.25) is 0 Å². The van der Waals surface area contributed by atoms with Gasteiger partial charge in [-0.25, -0.2) is 9.78 Å². The van der Waals surface area contributed by atoms with Gasteiger partial charge in [0.15, 0.2) is 0 Å². The van der Waals surface area contributed by atoms with Crippen molar-refractivity contribution in [2.45, 2.75) is 79.6 Å². The number of aromatic nitrogens is 2. The maximum atomic E-state index is 14.1. The van der Waals surface area contributed by atoms with Crippen molar-refractivity contribution in [3.8, 4) is 16.9 Å². The largest absolute Gasteiger partial charge is 0.494 e. The van der Waals surface area contributed by atoms with Gasteiger partial charge in [-0.3, -0.25) is 9.69 Å². The van der Waals surface area contributed by atoms with E-state index in [1.54, 1.807) is 17.2 Å². The lowest BCUT2D eigenvalue weighted by molar-refractivity contribution is 0.249. The number of carbonyl (C=O) groups excluding carboxylic acids is 1. The Labute approximate surface area is 274 Å². The van der Waals surface area contributed by atoms with Crippen molar-refractivity contribution in [3.05, 3.63) is 82.3 Å². The third kappa shape index (κ3) is 8.55. The summed E-state index contributed by atoms with van der Waals surface area (Å²) in [4.78, 5) is 38.4. The van der Waals surface area contributed by atoms with Crippen molar-refractivity contribution >= 4 is 28.4 Å². The van der Waals surface area contributed by atoms with E-state index in [0.29, 0.717) is 24.5 Å². The van der Waals surface area contributed by atoms with E-state index < -0.39 is 0 Å². The van der Waals surface area contributed by atoms with E-state index in [4.69, 9.17) is 4.74 Å². The average Bonchev–Trinajstić information content (AvgIpc) is 3.05. The normalized spacial score (nSPS) is 11.5. The number of urea groups is 1. The lowest BCUT2D eigenvalue weighted by atomic mass is 9.88. The lowest BCUT2D eigenvalue weighted by Gasteiger charge is -2.27. The van der Waals surface area contributed by atoms with Crippen LogP contribution < -0.4 is 20.5 Å². The van der Waals surface area contributed by atoms with E-state index in [1.165, 1.54) is 0 Å². The predicted octanol–water partition coefficient (Wildman–Crippen LogP) is 8.79. The number of nitrogens with zero attached hydrogens (tertiary/aromatic N) is 3. The fourth-order valence-corrected chi connectivity index (χ4v) is 5.74. The average molecular weight is 626 g/mol. The molecule has 0 saturated carbocycles. The molecule has 246 valence electrons. The molecule has 8 heteroatoms. The van der Waals surface area contributed by atoms with E-state index in [2.05, 4.69) is 92.9 Å². The van der Waals surface area contributed by atoms with Crippen molar-refractivity contribution < 1.29 is 9.53 Å². The summed E-state index contributed by atoms with van der Waals surface area (Å²) in [6.45, 7) is 19.2. The highest BCUT2D eigenvalue weighted by Gasteiger charge is 2.24. The number of anilines is 2. The van der Waals surface area contributed by atoms with Crippen molar-refractivity contribution in [1.29, 1.82) is 0 Å². The van der Waals surface area contributed by atoms with E-state index in [0.717, 1.165) is 78.0 Å². The minimum Gasteiger partial charge on any atom is -0.494 e. The number of nitrogens with one attached hydrogen (secondary N) is 2. The molecule has 4 aromatic rings. The Balaban J connectivity index is 1.66. The summed E-state index contributed by atoms with van der Waals surface area (Å²) < 4.78 is 6.16. The summed E-state index contributed by atoms with van der Waals surface area (Å²) in [7, 11) is 0. The SMILES string of the molecule is CCCCN(C(=O)Nc1c(C(C)C)cc(-c2cccc(OCCCN(CC)CC)c2)cc1C(C)C)c1cc2cccnc2[nH]c1=O. The Hall–Kier alpha value is -4.17. The smallest absolute Gasteiger partial charge is 0.326 e. The first-order valence-corrected chi connectivity index (χ1v) is 16.9. The Morgan fingerprint density at radius 2 is 1.61 bits per heavy atom. The molecular weight excluding hydrogens is 574 g/mol. The fourth-order valence-electron chi connectivity index (χ4n) is 5.74. The van der Waals surface area contributed by atoms with Gasteiger partial charge in [0.25, 0.3) is 5.56 Å². The van der Waals surface area contributed by atoms with Crippen LogP contribution in [0.5, 0.6) is 5.75 Å². The standard InChI is InChI=1S/C38H51N5O3/c1-8-11-20-43(34-25-29-16-13-18-39-36(29)41-37(34)44)38(45)40-35-32(26(4)5)23-30(24-33(35)27(6)7)28-15-12-17-31(22-28)46-21-14-19-42(9-2)10-3/h12-13,15-18,22-27H,8-11,14,19-21H2,1-7H3,(H,40,45)(H,39,41,44). The van der Waals surface area contributed by atoms with Crippen LogP contribution in [0.25, 0.3) is 22.2 Å². The molecule has 0 atom stereocenters. The summed E-state index contributed by atoms with van der Waals surface area (Å²) in [6, 6.07) is 17.8. The van der Waals surface area contributed by atoms with Crippen LogP contribution in [0.4, 0.5) is 16.2 Å². The van der Waals surface area contributed by atoms with Gasteiger partial charge in [-0.1, -0.05) is 67.0 Å². The number of hydrogen-bond donors (Lipinski definition) is 2. The first-order valence-electron chi connectivity index (χ1n) is 16.9. The lowest BCUT2D eigenvalue weighted by Crippen LogP contribution is -2.39. The van der Waals surface area contributed by atoms with E-state index >= 15 is 0 Å². The first kappa shape index (κ1) is 34.7. The molecule has 2 aromatic heterocycles. The topological polar surface area (TPSA) is 90.6 Å². The minimum absolute atomic E-state index is 0.145. The second-order valence-corrected chi connectivity index (χ2v) is 12.5. The number of benzene rings is 2. The van der Waals surface area contributed by atoms with Crippen molar-refractivity contribution in [2.24, 2.45) is 0 Å². The molecule has 0 spiro atoms. The van der Waals surface area contributed by atoms with Gasteiger partial charge >= 0.3 is 6.03 Å². The molecule has 0 bridgehead atoms. The molecule has 0 saturated heterocycles. The Morgan fingerprint density at radius 1 is 0.891 bits per heavy atom. The molecule has 0 unspecified atom stereocenters. The van der Waals surface area contributed by atoms with E-state index in [9.17, 15) is 9.59 Å². The molecule has 2 heterocycles. The summed E-state index contributed by atoms with van der Waals surface area (Å²) >= 11 is 0. The van der Waals surface area contributed by atoms with Gasteiger partial charge in [0.1, 0.15) is 17.1 Å². The van der Waals surface area contributed by atoms with Crippen LogP contribution in [0, 0.1) is 0 Å². The van der Waals surface area contributed by atoms with Gasteiger partial charge in [-0.15, -0.1) is 0 Å². The maximum absolute atomic E-state index is 14.1. The molecular formula is C38H51N5O3. The fraction of sp³-hybridized carbons (Fsp3) is 0.447. The van der Waals surface area contributed by atoms with Gasteiger partial charge in [0, 0.05) is 30.4 Å². The molecule has 0 fully saturated rings. The van der Waals surface area contributed by atoms with Crippen molar-refractivity contribution in [3.63, 3.8) is 0 Å². The Bertz CT molecular complexity index is 1630. The molecule has 8 nitrogen and oxygen atoms in total. The van der Waals surface area contributed by atoms with E-state index in [1.807, 2.05) is 24.3 Å². The maximum Gasteiger partial charge on any atom is 0.326 e. The zero-order valence-corrected chi connectivity index (χ0v) is 28.7. The van der Waals surface area contributed by atoms with Crippen molar-refractivity contribution in [1.82, 2.24) is 14.9 Å². The Kier molecular flexibility index (Phi) is 12.4. The number of amides is 2. The van der Waals surface area contributed by atoms with Crippen LogP contribution in [0.3, 0.4) is 0 Å². The second kappa shape index (κ2) is 16.4. The van der Waals surface area contributed by atoms with Crippen LogP contribution in [0.15, 0.2) is 65.6 Å². The van der Waals surface area contributed by atoms with Crippen LogP contribution in [0.2, 0.25) is 0 Å². The first-order chi connectivity index (χ1) is 22.2. The third-order valence-electron chi connectivity index (χ3n) is 8.49. The summed E-state index contributed by atoms with van der Waals surface area (Å²) in [5.74, 6) is 1.15. The third-order valence-corrected chi connectivity index (χ3v) is 8.49. The zero-order chi connectivity index (χ0) is 33.2. The molecule has 46 heavy (non-hydrogen) atoms. The minimum atomic E-state index is -0.337. The number of aromatic amines is 1. The number of pyridine rings is 2. The number of fused-ring (bicyclic) bond motifs is 1. The predicted molar refractivity (Wildman–Crippen MR) is 192 cm³/mol. The summed E-state index contributed by atoms with van der Waals surface area (Å²) in [6.07, 6.45) is 4.27. The molecule has 2 N–H and O–H groups in total. The molecule has 0 aliphatic heterocycles. The number of rotatable bonds is 15. The van der Waals surface area contributed by atoms with Crippen molar-refractivity contribution in [2.75, 3.05) is 43.0 Å². The summed E-state index contributed by atoms with van der Waals surface area (Å²) in [5, 5.41) is 4.03. The highest BCUT2D eigenvalue weighted by Crippen LogP contribution is 2.38. The molecule has 2 aromatic carbocycles. The van der Waals surface area contributed by atoms with Crippen LogP contribution in [0.1, 0.15) is 90.7 Å². The highest BCUT2D eigenvalue weighted by atomic mass is 16.5. The highest BCUT2D eigenvalue weighted by molar-refractivity contribution is 6.03. The quantitative estimate of drug-likeness (QED) is 0.129. The van der Waals surface area contributed by atoms with Gasteiger partial charge in [-0.2, -0.15) is 0 Å². The molecule has 0 aliphatic rings. The second-order valence-electron chi connectivity index (χ2n) is 12.5. The van der Waals surface area contributed by atoms with Crippen LogP contribution in [-0.4, -0.2) is 53.7 Å². The molecule has 4 rings (SSSR count). The van der Waals surface area contributed by atoms with Gasteiger partial charge in [-0.05, 0) is 102 Å². The number of H-pyrrole nitrogens is 1. The number of unbranched alkanes of at least 4 members (excludes halogenated alkanes) is 1. The van der Waals surface area contributed by atoms with Crippen LogP contribution in [-0.2, 0) is 0 Å². The number of hydrogen-bond acceptors (Lipinski definition) is 5. The summed E-state index contributed by atoms with van der Waals surface area (Å²) in [5.41, 5.74) is 5.54. The molecule has 2 amide bonds. The number of ether oxygens (including phenoxy) is 1. The van der Waals surface area contributed by atoms with E-state index in [-0.39, 0.29) is 23.4 Å². The Morgan fingerprint density at radius 3 is 2.26 bits per heavy atom. The molecule has 0 radical (unpaired) electrons. The van der Waals surface area contributed by atoms with Gasteiger partial charge in [0.05, 0.1) is 6.61 Å². The van der Waals surface area contributed by atoms with Crippen LogP contribution >= 0.6 is 0 Å². The number of carbonyl (C=O) groups is 1. The molecule has 0 aliphatic carbocycles. The zero-order valence-electron chi connectivity index (χ0n) is 28.7. The van der Waals surface area contributed by atoms with Gasteiger partial charge < -0.3 is 19.9 Å². The monoisotopic (exact) mass is 625 g/mol.